The molecule has 12 nitrogen and oxygen atoms in total. The van der Waals surface area contributed by atoms with Gasteiger partial charge in [-0.05, 0) is 6.42 Å². The van der Waals surface area contributed by atoms with Crippen LogP contribution in [0.1, 0.15) is 122 Å². The lowest BCUT2D eigenvalue weighted by molar-refractivity contribution is -0.326. The number of aliphatic hydroxyl groups excluding tert-OH is 8. The van der Waals surface area contributed by atoms with Gasteiger partial charge in [0.25, 0.3) is 5.91 Å². The van der Waals surface area contributed by atoms with Crippen molar-refractivity contribution >= 4 is 5.91 Å². The van der Waals surface area contributed by atoms with E-state index in [1.807, 2.05) is 0 Å². The molecular formula is C32H63NO11. The van der Waals surface area contributed by atoms with Gasteiger partial charge in [-0.25, -0.2) is 0 Å². The Morgan fingerprint density at radius 2 is 1.16 bits per heavy atom. The number of aliphatic hydroxyl groups is 8. The van der Waals surface area contributed by atoms with Crippen LogP contribution >= 0.6 is 0 Å². The van der Waals surface area contributed by atoms with Crippen molar-refractivity contribution in [1.29, 1.82) is 0 Å². The Hall–Kier alpha value is -0.930. The molecule has 0 aliphatic carbocycles. The largest absolute Gasteiger partial charge is 0.394 e. The molecule has 0 radical (unpaired) electrons. The number of carbonyl (C=O) groups is 1. The summed E-state index contributed by atoms with van der Waals surface area (Å²) in [6, 6.07) is 0. The third-order valence-corrected chi connectivity index (χ3v) is 8.46. The molecule has 1 aliphatic heterocycles. The van der Waals surface area contributed by atoms with Crippen molar-refractivity contribution in [2.24, 2.45) is 0 Å². The van der Waals surface area contributed by atoms with Gasteiger partial charge in [-0.2, -0.15) is 0 Å². The molecule has 0 aromatic rings. The summed E-state index contributed by atoms with van der Waals surface area (Å²) >= 11 is 0. The molecule has 9 atom stereocenters. The van der Waals surface area contributed by atoms with Gasteiger partial charge in [0.2, 0.25) is 0 Å². The molecule has 0 aromatic carbocycles. The molecule has 0 saturated carbocycles. The quantitative estimate of drug-likeness (QED) is 0.0588. The second-order valence-electron chi connectivity index (χ2n) is 12.3. The van der Waals surface area contributed by atoms with Crippen molar-refractivity contribution in [2.75, 3.05) is 19.8 Å². The average molecular weight is 638 g/mol. The molecule has 9 N–H and O–H groups in total. The lowest BCUT2D eigenvalue weighted by Crippen LogP contribution is -2.62. The lowest BCUT2D eigenvalue weighted by atomic mass is 9.98. The van der Waals surface area contributed by atoms with Gasteiger partial charge in [0.05, 0.1) is 13.2 Å². The van der Waals surface area contributed by atoms with E-state index < -0.39 is 74.2 Å². The lowest BCUT2D eigenvalue weighted by Gasteiger charge is -2.42. The zero-order valence-electron chi connectivity index (χ0n) is 26.8. The zero-order chi connectivity index (χ0) is 32.7. The van der Waals surface area contributed by atoms with Crippen LogP contribution in [0.15, 0.2) is 0 Å². The summed E-state index contributed by atoms with van der Waals surface area (Å²) in [6.07, 6.45) is 6.40. The second-order valence-corrected chi connectivity index (χ2v) is 12.3. The molecule has 1 rings (SSSR count). The SMILES string of the molecule is CCCCCCCCCCCCCCCCCCCCNC(=O)[C@H](O)[C@@H](O)[C@H](O[C@H]1OC(CO)[C@@H](O)C(O)[C@@H]1O)[C@H](O)CO. The summed E-state index contributed by atoms with van der Waals surface area (Å²) in [4.78, 5) is 12.4. The van der Waals surface area contributed by atoms with Gasteiger partial charge in [-0.3, -0.25) is 4.79 Å². The van der Waals surface area contributed by atoms with Gasteiger partial charge in [0.1, 0.15) is 42.7 Å². The first kappa shape index (κ1) is 41.1. The van der Waals surface area contributed by atoms with Crippen LogP contribution in [-0.4, -0.2) is 122 Å². The average Bonchev–Trinajstić information content (AvgIpc) is 3.03. The van der Waals surface area contributed by atoms with E-state index in [0.717, 1.165) is 19.3 Å². The van der Waals surface area contributed by atoms with Crippen LogP contribution in [0, 0.1) is 0 Å². The first-order valence-electron chi connectivity index (χ1n) is 17.1. The molecule has 1 fully saturated rings. The third-order valence-electron chi connectivity index (χ3n) is 8.46. The highest BCUT2D eigenvalue weighted by atomic mass is 16.7. The predicted molar refractivity (Wildman–Crippen MR) is 166 cm³/mol. The van der Waals surface area contributed by atoms with Gasteiger partial charge >= 0.3 is 0 Å². The van der Waals surface area contributed by atoms with Gasteiger partial charge in [-0.1, -0.05) is 116 Å². The first-order valence-corrected chi connectivity index (χ1v) is 17.1. The Bertz CT molecular complexity index is 701. The van der Waals surface area contributed by atoms with E-state index in [4.69, 9.17) is 9.47 Å². The van der Waals surface area contributed by atoms with Crippen LogP contribution in [0.5, 0.6) is 0 Å². The number of rotatable bonds is 27. The van der Waals surface area contributed by atoms with Crippen molar-refractivity contribution in [1.82, 2.24) is 5.32 Å². The number of hydrogen-bond acceptors (Lipinski definition) is 11. The fourth-order valence-electron chi connectivity index (χ4n) is 5.51. The Morgan fingerprint density at radius 3 is 1.59 bits per heavy atom. The fourth-order valence-corrected chi connectivity index (χ4v) is 5.51. The van der Waals surface area contributed by atoms with Crippen molar-refractivity contribution < 1.29 is 55.1 Å². The second kappa shape index (κ2) is 25.2. The van der Waals surface area contributed by atoms with Crippen LogP contribution in [0.3, 0.4) is 0 Å². The van der Waals surface area contributed by atoms with Crippen LogP contribution < -0.4 is 5.32 Å². The van der Waals surface area contributed by atoms with E-state index in [2.05, 4.69) is 12.2 Å². The molecule has 1 saturated heterocycles. The molecule has 12 heteroatoms. The molecule has 1 amide bonds. The maximum Gasteiger partial charge on any atom is 0.251 e. The molecule has 0 spiro atoms. The third kappa shape index (κ3) is 16.1. The van der Waals surface area contributed by atoms with E-state index in [1.54, 1.807) is 0 Å². The number of nitrogens with one attached hydrogen (secondary N) is 1. The molecule has 262 valence electrons. The van der Waals surface area contributed by atoms with Crippen LogP contribution in [-0.2, 0) is 14.3 Å². The topological polar surface area (TPSA) is 209 Å². The fraction of sp³-hybridized carbons (Fsp3) is 0.969. The van der Waals surface area contributed by atoms with Crippen molar-refractivity contribution in [2.45, 2.75) is 178 Å². The Balaban J connectivity index is 2.19. The highest BCUT2D eigenvalue weighted by molar-refractivity contribution is 5.81. The van der Waals surface area contributed by atoms with Gasteiger partial charge in [-0.15, -0.1) is 0 Å². The van der Waals surface area contributed by atoms with Crippen LogP contribution in [0.4, 0.5) is 0 Å². The first-order chi connectivity index (χ1) is 21.2. The minimum Gasteiger partial charge on any atom is -0.394 e. The number of ether oxygens (including phenoxy) is 2. The number of carbonyl (C=O) groups excluding carboxylic acids is 1. The summed E-state index contributed by atoms with van der Waals surface area (Å²) < 4.78 is 10.5. The van der Waals surface area contributed by atoms with Crippen molar-refractivity contribution in [3.05, 3.63) is 0 Å². The Labute approximate surface area is 263 Å². The maximum absolute atomic E-state index is 12.4. The van der Waals surface area contributed by atoms with Crippen LogP contribution in [0.2, 0.25) is 0 Å². The summed E-state index contributed by atoms with van der Waals surface area (Å²) in [6.45, 7) is 0.877. The standard InChI is InChI=1S/C32H63NO11/c1-2-3-4-5-6-7-8-9-10-11-12-13-14-15-16-17-18-19-20-33-31(42)28(40)27(39)30(23(36)21-34)44-32-29(41)26(38)25(37)24(22-35)43-32/h23-30,32,34-41H,2-22H2,1H3,(H,33,42)/t23-,24?,25-,26?,27-,28-,29+,30-,32-/m1/s1. The zero-order valence-corrected chi connectivity index (χ0v) is 26.8. The molecule has 1 heterocycles. The number of unbranched alkanes of at least 4 members (excludes halogenated alkanes) is 17. The van der Waals surface area contributed by atoms with Crippen LogP contribution in [0.25, 0.3) is 0 Å². The van der Waals surface area contributed by atoms with E-state index in [-0.39, 0.29) is 6.54 Å². The summed E-state index contributed by atoms with van der Waals surface area (Å²) in [5, 5.41) is 82.3. The van der Waals surface area contributed by atoms with E-state index in [9.17, 15) is 45.6 Å². The summed E-state index contributed by atoms with van der Waals surface area (Å²) in [7, 11) is 0. The molecule has 44 heavy (non-hydrogen) atoms. The molecule has 0 bridgehead atoms. The number of amides is 1. The minimum absolute atomic E-state index is 0.280. The highest BCUT2D eigenvalue weighted by Crippen LogP contribution is 2.25. The maximum atomic E-state index is 12.4. The van der Waals surface area contributed by atoms with Gasteiger partial charge < -0.3 is 55.6 Å². The Kier molecular flexibility index (Phi) is 23.5. The monoisotopic (exact) mass is 637 g/mol. The minimum atomic E-state index is -2.04. The van der Waals surface area contributed by atoms with Crippen molar-refractivity contribution in [3.63, 3.8) is 0 Å². The summed E-state index contributed by atoms with van der Waals surface area (Å²) in [5.74, 6) is -0.906. The predicted octanol–water partition coefficient (Wildman–Crippen LogP) is 1.40. The molecule has 1 aliphatic rings. The van der Waals surface area contributed by atoms with Crippen molar-refractivity contribution in [3.8, 4) is 0 Å². The van der Waals surface area contributed by atoms with Gasteiger partial charge in [0.15, 0.2) is 12.4 Å². The smallest absolute Gasteiger partial charge is 0.251 e. The van der Waals surface area contributed by atoms with E-state index >= 15 is 0 Å². The molecular weight excluding hydrogens is 574 g/mol. The molecule has 0 aromatic heterocycles. The van der Waals surface area contributed by atoms with E-state index in [0.29, 0.717) is 6.42 Å². The Morgan fingerprint density at radius 1 is 0.705 bits per heavy atom. The van der Waals surface area contributed by atoms with E-state index in [1.165, 1.54) is 89.9 Å². The number of hydrogen-bond donors (Lipinski definition) is 9. The summed E-state index contributed by atoms with van der Waals surface area (Å²) in [5.41, 5.74) is 0. The molecule has 2 unspecified atom stereocenters. The highest BCUT2D eigenvalue weighted by Gasteiger charge is 2.47. The van der Waals surface area contributed by atoms with Gasteiger partial charge in [0, 0.05) is 6.54 Å². The normalized spacial score (nSPS) is 25.0.